The Labute approximate surface area is 140 Å². The van der Waals surface area contributed by atoms with Crippen LogP contribution in [0.5, 0.6) is 5.75 Å². The fourth-order valence-corrected chi connectivity index (χ4v) is 2.56. The Morgan fingerprint density at radius 2 is 1.92 bits per heavy atom. The van der Waals surface area contributed by atoms with Gasteiger partial charge in [-0.15, -0.1) is 0 Å². The largest absolute Gasteiger partial charge is 0.482 e. The number of carboxylic acids is 1. The normalized spacial score (nSPS) is 13.0. The summed E-state index contributed by atoms with van der Waals surface area (Å²) < 4.78 is 11.9. The van der Waals surface area contributed by atoms with Gasteiger partial charge in [0.1, 0.15) is 11.9 Å². The van der Waals surface area contributed by atoms with Crippen molar-refractivity contribution in [2.24, 2.45) is 0 Å². The van der Waals surface area contributed by atoms with E-state index in [1.807, 2.05) is 61.5 Å². The molecule has 0 bridgehead atoms. The van der Waals surface area contributed by atoms with Gasteiger partial charge in [0.05, 0.1) is 0 Å². The molecule has 1 aromatic heterocycles. The summed E-state index contributed by atoms with van der Waals surface area (Å²) in [6.07, 6.45) is 1.01. The molecule has 24 heavy (non-hydrogen) atoms. The van der Waals surface area contributed by atoms with Crippen molar-refractivity contribution in [2.75, 3.05) is 0 Å². The molecule has 3 aromatic rings. The van der Waals surface area contributed by atoms with E-state index >= 15 is 0 Å². The third kappa shape index (κ3) is 3.33. The first-order valence-electron chi connectivity index (χ1n) is 7.70. The molecule has 3 rings (SSSR count). The fraction of sp³-hybridized carbons (Fsp3) is 0.150. The van der Waals surface area contributed by atoms with Gasteiger partial charge in [0.15, 0.2) is 11.3 Å². The Kier molecular flexibility index (Phi) is 4.38. The first kappa shape index (κ1) is 15.9. The average Bonchev–Trinajstić information content (AvgIpc) is 3.00. The van der Waals surface area contributed by atoms with E-state index in [4.69, 9.17) is 14.3 Å². The van der Waals surface area contributed by atoms with Crippen LogP contribution >= 0.6 is 0 Å². The molecule has 1 unspecified atom stereocenters. The number of rotatable bonds is 5. The molecule has 2 aromatic carbocycles. The van der Waals surface area contributed by atoms with Crippen LogP contribution in [0.25, 0.3) is 16.5 Å². The second-order valence-electron chi connectivity index (χ2n) is 5.62. The monoisotopic (exact) mass is 322 g/mol. The number of furan rings is 1. The molecule has 4 heteroatoms. The van der Waals surface area contributed by atoms with Crippen LogP contribution in [0.4, 0.5) is 0 Å². The van der Waals surface area contributed by atoms with Crippen LogP contribution in [0.1, 0.15) is 31.3 Å². The molecular formula is C20H18O4. The zero-order valence-corrected chi connectivity index (χ0v) is 13.5. The van der Waals surface area contributed by atoms with Crippen molar-refractivity contribution < 1.29 is 19.1 Å². The molecule has 0 saturated heterocycles. The van der Waals surface area contributed by atoms with Gasteiger partial charge < -0.3 is 14.3 Å². The highest BCUT2D eigenvalue weighted by atomic mass is 16.5. The van der Waals surface area contributed by atoms with Crippen molar-refractivity contribution in [2.45, 2.75) is 20.0 Å². The van der Waals surface area contributed by atoms with Crippen LogP contribution in [-0.4, -0.2) is 11.1 Å². The van der Waals surface area contributed by atoms with Gasteiger partial charge in [0, 0.05) is 11.5 Å². The van der Waals surface area contributed by atoms with Gasteiger partial charge in [-0.3, -0.25) is 0 Å². The van der Waals surface area contributed by atoms with Crippen molar-refractivity contribution in [3.63, 3.8) is 0 Å². The van der Waals surface area contributed by atoms with Crippen molar-refractivity contribution in [3.8, 4) is 5.75 Å². The molecule has 0 radical (unpaired) electrons. The van der Waals surface area contributed by atoms with Gasteiger partial charge in [-0.2, -0.15) is 0 Å². The molecule has 4 nitrogen and oxygen atoms in total. The lowest BCUT2D eigenvalue weighted by atomic mass is 10.1. The maximum Gasteiger partial charge on any atom is 0.328 e. The van der Waals surface area contributed by atoms with Gasteiger partial charge >= 0.3 is 5.97 Å². The summed E-state index contributed by atoms with van der Waals surface area (Å²) in [4.78, 5) is 10.8. The first-order chi connectivity index (χ1) is 11.5. The summed E-state index contributed by atoms with van der Waals surface area (Å²) in [6.45, 7) is 3.69. The number of para-hydroxylation sites is 1. The van der Waals surface area contributed by atoms with Gasteiger partial charge in [-0.05, 0) is 37.1 Å². The molecule has 0 aliphatic heterocycles. The molecule has 1 N–H and O–H groups in total. The van der Waals surface area contributed by atoms with E-state index in [0.717, 1.165) is 17.0 Å². The zero-order valence-electron chi connectivity index (χ0n) is 13.5. The summed E-state index contributed by atoms with van der Waals surface area (Å²) >= 11 is 0. The number of ether oxygens (including phenoxy) is 1. The number of hydrogen-bond acceptors (Lipinski definition) is 3. The summed E-state index contributed by atoms with van der Waals surface area (Å²) in [5.41, 5.74) is 2.25. The number of allylic oxidation sites excluding steroid dienone is 1. The smallest absolute Gasteiger partial charge is 0.328 e. The van der Waals surface area contributed by atoms with Gasteiger partial charge in [-0.25, -0.2) is 4.79 Å². The summed E-state index contributed by atoms with van der Waals surface area (Å²) in [7, 11) is 0. The number of hydrogen-bond donors (Lipinski definition) is 1. The van der Waals surface area contributed by atoms with E-state index < -0.39 is 5.97 Å². The van der Waals surface area contributed by atoms with Gasteiger partial charge in [0.2, 0.25) is 0 Å². The third-order valence-electron chi connectivity index (χ3n) is 3.81. The Bertz CT molecular complexity index is 890. The lowest BCUT2D eigenvalue weighted by Crippen LogP contribution is -2.02. The van der Waals surface area contributed by atoms with Crippen molar-refractivity contribution in [3.05, 3.63) is 72.0 Å². The molecule has 1 heterocycles. The predicted octanol–water partition coefficient (Wildman–Crippen LogP) is 5.06. The van der Waals surface area contributed by atoms with Crippen molar-refractivity contribution >= 4 is 22.5 Å². The highest BCUT2D eigenvalue weighted by Gasteiger charge is 2.14. The third-order valence-corrected chi connectivity index (χ3v) is 3.81. The number of fused-ring (bicyclic) bond motifs is 1. The molecule has 0 aliphatic carbocycles. The van der Waals surface area contributed by atoms with E-state index in [-0.39, 0.29) is 6.10 Å². The molecular weight excluding hydrogens is 304 g/mol. The second-order valence-corrected chi connectivity index (χ2v) is 5.62. The fourth-order valence-electron chi connectivity index (χ4n) is 2.56. The highest BCUT2D eigenvalue weighted by molar-refractivity contribution is 5.92. The molecule has 0 saturated carbocycles. The molecule has 122 valence electrons. The lowest BCUT2D eigenvalue weighted by molar-refractivity contribution is -0.131. The topological polar surface area (TPSA) is 59.7 Å². The first-order valence-corrected chi connectivity index (χ1v) is 7.70. The van der Waals surface area contributed by atoms with E-state index in [9.17, 15) is 4.79 Å². The van der Waals surface area contributed by atoms with Gasteiger partial charge in [0.25, 0.3) is 0 Å². The second kappa shape index (κ2) is 6.62. The maximum absolute atomic E-state index is 10.8. The van der Waals surface area contributed by atoms with Crippen LogP contribution < -0.4 is 4.74 Å². The summed E-state index contributed by atoms with van der Waals surface area (Å²) in [6, 6.07) is 17.4. The van der Waals surface area contributed by atoms with Crippen LogP contribution in [0, 0.1) is 0 Å². The summed E-state index contributed by atoms with van der Waals surface area (Å²) in [5.74, 6) is 0.163. The number of benzene rings is 2. The zero-order chi connectivity index (χ0) is 17.1. The molecule has 0 aliphatic rings. The van der Waals surface area contributed by atoms with Crippen molar-refractivity contribution in [1.29, 1.82) is 0 Å². The van der Waals surface area contributed by atoms with Crippen LogP contribution in [0.3, 0.4) is 0 Å². The number of carboxylic acid groups (broad SMARTS) is 1. The minimum atomic E-state index is -0.998. The Hall–Kier alpha value is -3.01. The Balaban J connectivity index is 1.94. The molecule has 0 fully saturated rings. The highest BCUT2D eigenvalue weighted by Crippen LogP contribution is 2.33. The van der Waals surface area contributed by atoms with Crippen LogP contribution in [0.2, 0.25) is 0 Å². The Morgan fingerprint density at radius 3 is 2.62 bits per heavy atom. The minimum absolute atomic E-state index is 0.124. The van der Waals surface area contributed by atoms with E-state index in [0.29, 0.717) is 22.7 Å². The SMILES string of the molecule is C/C(=C/C(=O)O)c1cc2cccc(OC(C)c3ccccc3)c2o1. The predicted molar refractivity (Wildman–Crippen MR) is 93.0 cm³/mol. The van der Waals surface area contributed by atoms with E-state index in [1.165, 1.54) is 0 Å². The maximum atomic E-state index is 10.8. The quantitative estimate of drug-likeness (QED) is 0.667. The molecule has 0 amide bonds. The standard InChI is InChI=1S/C20H18O4/c1-13(11-19(21)22)18-12-16-9-6-10-17(20(16)24-18)23-14(2)15-7-4-3-5-8-15/h3-12,14H,1-2H3,(H,21,22)/b13-11-. The van der Waals surface area contributed by atoms with Gasteiger partial charge in [-0.1, -0.05) is 42.5 Å². The van der Waals surface area contributed by atoms with Crippen LogP contribution in [0.15, 0.2) is 65.1 Å². The van der Waals surface area contributed by atoms with E-state index in [1.54, 1.807) is 6.92 Å². The Morgan fingerprint density at radius 1 is 1.17 bits per heavy atom. The van der Waals surface area contributed by atoms with E-state index in [2.05, 4.69) is 0 Å². The number of aliphatic carboxylic acids is 1. The minimum Gasteiger partial charge on any atom is -0.482 e. The average molecular weight is 322 g/mol. The summed E-state index contributed by atoms with van der Waals surface area (Å²) in [5, 5.41) is 9.75. The van der Waals surface area contributed by atoms with Crippen molar-refractivity contribution in [1.82, 2.24) is 0 Å². The molecule has 1 atom stereocenters. The van der Waals surface area contributed by atoms with Crippen LogP contribution in [-0.2, 0) is 4.79 Å². The number of carbonyl (C=O) groups is 1. The lowest BCUT2D eigenvalue weighted by Gasteiger charge is -2.15. The molecule has 0 spiro atoms.